The molecule has 4 aromatic rings. The molecule has 0 aliphatic carbocycles. The summed E-state index contributed by atoms with van der Waals surface area (Å²) < 4.78 is 5.79. The van der Waals surface area contributed by atoms with Crippen molar-refractivity contribution in [3.63, 3.8) is 0 Å². The van der Waals surface area contributed by atoms with Gasteiger partial charge in [0.2, 0.25) is 5.88 Å². The van der Waals surface area contributed by atoms with Crippen LogP contribution in [0.25, 0.3) is 10.3 Å². The van der Waals surface area contributed by atoms with Crippen LogP contribution in [-0.4, -0.2) is 27.0 Å². The summed E-state index contributed by atoms with van der Waals surface area (Å²) in [5.74, 6) is 2.83. The van der Waals surface area contributed by atoms with Crippen molar-refractivity contribution >= 4 is 32.6 Å². The molecule has 0 spiro atoms. The maximum atomic E-state index is 5.79. The van der Waals surface area contributed by atoms with Gasteiger partial charge in [-0.3, -0.25) is 0 Å². The number of para-hydroxylation sites is 1. The van der Waals surface area contributed by atoms with E-state index in [9.17, 15) is 0 Å². The number of pyridine rings is 1. The van der Waals surface area contributed by atoms with Gasteiger partial charge < -0.3 is 9.64 Å². The fraction of sp³-hybridized carbons (Fsp3) is 0.333. The van der Waals surface area contributed by atoms with Crippen LogP contribution in [-0.2, 0) is 0 Å². The number of hydrogen-bond donors (Lipinski definition) is 0. The summed E-state index contributed by atoms with van der Waals surface area (Å²) in [6.45, 7) is 13.9. The average molecular weight is 440 g/mol. The van der Waals surface area contributed by atoms with Crippen molar-refractivity contribution in [1.29, 1.82) is 0 Å². The number of hydrogen-bond acceptors (Lipinski definition) is 7. The van der Waals surface area contributed by atoms with Gasteiger partial charge in [-0.15, -0.1) is 0 Å². The molecule has 7 heteroatoms. The van der Waals surface area contributed by atoms with Gasteiger partial charge in [0, 0.05) is 19.3 Å². The summed E-state index contributed by atoms with van der Waals surface area (Å²) in [5.41, 5.74) is 0.832. The molecule has 0 fully saturated rings. The Bertz CT molecular complexity index is 1020. The smallest absolute Gasteiger partial charge is 0.220 e. The molecule has 1 aromatic carbocycles. The van der Waals surface area contributed by atoms with Gasteiger partial charge in [0.15, 0.2) is 5.13 Å². The van der Waals surface area contributed by atoms with E-state index in [1.807, 2.05) is 109 Å². The highest BCUT2D eigenvalue weighted by Gasteiger charge is 2.13. The lowest BCUT2D eigenvalue weighted by molar-refractivity contribution is 0.465. The van der Waals surface area contributed by atoms with Gasteiger partial charge in [0.05, 0.1) is 0 Å². The molecule has 0 aliphatic heterocycles. The number of anilines is 2. The van der Waals surface area contributed by atoms with Crippen LogP contribution in [0, 0.1) is 6.92 Å². The van der Waals surface area contributed by atoms with E-state index in [0.717, 1.165) is 32.9 Å². The minimum atomic E-state index is 0.550. The summed E-state index contributed by atoms with van der Waals surface area (Å²) in [6, 6.07) is 15.2. The third kappa shape index (κ3) is 7.29. The number of aryl methyl sites for hydroxylation is 1. The van der Waals surface area contributed by atoms with E-state index in [4.69, 9.17) is 4.74 Å². The molecule has 3 aromatic heterocycles. The van der Waals surface area contributed by atoms with Crippen molar-refractivity contribution in [2.45, 2.75) is 48.5 Å². The van der Waals surface area contributed by atoms with Crippen LogP contribution in [0.4, 0.5) is 10.9 Å². The predicted octanol–water partition coefficient (Wildman–Crippen LogP) is 7.43. The Morgan fingerprint density at radius 3 is 2.13 bits per heavy atom. The highest BCUT2D eigenvalue weighted by molar-refractivity contribution is 7.21. The van der Waals surface area contributed by atoms with Gasteiger partial charge in [-0.1, -0.05) is 71.1 Å². The minimum Gasteiger partial charge on any atom is -0.439 e. The van der Waals surface area contributed by atoms with Crippen molar-refractivity contribution in [2.75, 3.05) is 11.9 Å². The number of nitrogens with zero attached hydrogens (tertiary/aromatic N) is 5. The quantitative estimate of drug-likeness (QED) is 0.329. The fourth-order valence-corrected chi connectivity index (χ4v) is 3.23. The molecule has 166 valence electrons. The van der Waals surface area contributed by atoms with Gasteiger partial charge in [-0.05, 0) is 31.2 Å². The molecule has 0 aliphatic rings. The molecule has 4 rings (SSSR count). The van der Waals surface area contributed by atoms with Crippen molar-refractivity contribution in [2.24, 2.45) is 0 Å². The van der Waals surface area contributed by atoms with Gasteiger partial charge in [0.25, 0.3) is 0 Å². The first kappa shape index (κ1) is 26.0. The van der Waals surface area contributed by atoms with Crippen molar-refractivity contribution in [3.05, 3.63) is 60.6 Å². The Hall–Kier alpha value is -3.06. The van der Waals surface area contributed by atoms with Crippen molar-refractivity contribution < 1.29 is 4.74 Å². The lowest BCUT2D eigenvalue weighted by Gasteiger charge is -2.14. The maximum Gasteiger partial charge on any atom is 0.220 e. The summed E-state index contributed by atoms with van der Waals surface area (Å²) in [7, 11) is 1.93. The Morgan fingerprint density at radius 2 is 1.48 bits per heavy atom. The Kier molecular flexibility index (Phi) is 11.8. The lowest BCUT2D eigenvalue weighted by Crippen LogP contribution is -2.11. The Balaban J connectivity index is 0.000000739. The van der Waals surface area contributed by atoms with Crippen LogP contribution in [0.1, 0.15) is 47.4 Å². The first-order valence-corrected chi connectivity index (χ1v) is 11.5. The zero-order valence-corrected chi connectivity index (χ0v) is 20.6. The second-order valence-electron chi connectivity index (χ2n) is 5.41. The molecule has 31 heavy (non-hydrogen) atoms. The van der Waals surface area contributed by atoms with Crippen LogP contribution in [0.5, 0.6) is 11.6 Å². The SMILES string of the molecule is CC.CC.CC.Cc1nccc(N(C)c2nc3ccc(Oc4ccccc4)nc3s2)n1. The molecule has 0 saturated carbocycles. The topological polar surface area (TPSA) is 64.0 Å². The number of rotatable bonds is 4. The monoisotopic (exact) mass is 439 g/mol. The third-order valence-electron chi connectivity index (χ3n) is 3.58. The molecule has 0 atom stereocenters. The van der Waals surface area contributed by atoms with Gasteiger partial charge >= 0.3 is 0 Å². The Labute approximate surface area is 190 Å². The van der Waals surface area contributed by atoms with Crippen molar-refractivity contribution in [3.8, 4) is 11.6 Å². The number of ether oxygens (including phenoxy) is 1. The van der Waals surface area contributed by atoms with Gasteiger partial charge in [0.1, 0.15) is 27.7 Å². The summed E-state index contributed by atoms with van der Waals surface area (Å²) in [5, 5.41) is 0.817. The highest BCUT2D eigenvalue weighted by atomic mass is 32.1. The van der Waals surface area contributed by atoms with E-state index in [-0.39, 0.29) is 0 Å². The number of fused-ring (bicyclic) bond motifs is 1. The number of thiazole rings is 1. The molecule has 0 amide bonds. The second-order valence-corrected chi connectivity index (χ2v) is 6.36. The van der Waals surface area contributed by atoms with E-state index >= 15 is 0 Å². The predicted molar refractivity (Wildman–Crippen MR) is 133 cm³/mol. The van der Waals surface area contributed by atoms with E-state index < -0.39 is 0 Å². The molecule has 0 unspecified atom stereocenters. The summed E-state index contributed by atoms with van der Waals surface area (Å²) >= 11 is 1.49. The molecule has 0 radical (unpaired) electrons. The standard InChI is InChI=1S/C18H15N5OS.3C2H6/c1-12-19-11-10-15(20-12)23(2)18-21-14-8-9-16(22-17(14)25-18)24-13-6-4-3-5-7-13;3*1-2/h3-11H,1-2H3;3*1-2H3. The van der Waals surface area contributed by atoms with Gasteiger partial charge in [-0.2, -0.15) is 0 Å². The van der Waals surface area contributed by atoms with E-state index in [2.05, 4.69) is 19.9 Å². The third-order valence-corrected chi connectivity index (χ3v) is 4.62. The normalized spacial score (nSPS) is 9.29. The number of benzene rings is 1. The molecule has 6 nitrogen and oxygen atoms in total. The van der Waals surface area contributed by atoms with E-state index in [0.29, 0.717) is 5.88 Å². The van der Waals surface area contributed by atoms with Crippen LogP contribution < -0.4 is 9.64 Å². The summed E-state index contributed by atoms with van der Waals surface area (Å²) in [6.07, 6.45) is 1.74. The molecule has 0 bridgehead atoms. The average Bonchev–Trinajstić information content (AvgIpc) is 3.27. The first-order chi connectivity index (χ1) is 15.2. The van der Waals surface area contributed by atoms with E-state index in [1.165, 1.54) is 11.3 Å². The molecule has 0 saturated heterocycles. The Morgan fingerprint density at radius 1 is 0.806 bits per heavy atom. The molecular formula is C24H33N5OS. The zero-order valence-electron chi connectivity index (χ0n) is 19.7. The molecule has 3 heterocycles. The van der Waals surface area contributed by atoms with Crippen LogP contribution >= 0.6 is 11.3 Å². The molecular weight excluding hydrogens is 406 g/mol. The minimum absolute atomic E-state index is 0.550. The first-order valence-electron chi connectivity index (χ1n) is 10.7. The van der Waals surface area contributed by atoms with Crippen molar-refractivity contribution in [1.82, 2.24) is 19.9 Å². The second kappa shape index (κ2) is 14.0. The molecule has 0 N–H and O–H groups in total. The highest BCUT2D eigenvalue weighted by Crippen LogP contribution is 2.32. The lowest BCUT2D eigenvalue weighted by atomic mass is 10.3. The van der Waals surface area contributed by atoms with Crippen LogP contribution in [0.15, 0.2) is 54.7 Å². The van der Waals surface area contributed by atoms with Crippen LogP contribution in [0.3, 0.4) is 0 Å². The zero-order chi connectivity index (χ0) is 23.2. The van der Waals surface area contributed by atoms with Gasteiger partial charge in [-0.25, -0.2) is 19.9 Å². The summed E-state index contributed by atoms with van der Waals surface area (Å²) in [4.78, 5) is 20.5. The van der Waals surface area contributed by atoms with E-state index in [1.54, 1.807) is 6.20 Å². The maximum absolute atomic E-state index is 5.79. The van der Waals surface area contributed by atoms with Crippen LogP contribution in [0.2, 0.25) is 0 Å². The fourth-order valence-electron chi connectivity index (χ4n) is 2.33. The largest absolute Gasteiger partial charge is 0.439 e. The number of aromatic nitrogens is 4.